The van der Waals surface area contributed by atoms with Gasteiger partial charge in [0.15, 0.2) is 0 Å². The topological polar surface area (TPSA) is 199 Å². The molecule has 0 heterocycles. The average molecular weight is 303 g/mol. The number of nitrogens with zero attached hydrogens (tertiary/aromatic N) is 3. The van der Waals surface area contributed by atoms with Crippen LogP contribution < -0.4 is 0 Å². The third-order valence-electron chi connectivity index (χ3n) is 0. The fraction of sp³-hybridized carbons (Fsp3) is 0. The van der Waals surface area contributed by atoms with Crippen molar-refractivity contribution in [2.75, 3.05) is 0 Å². The predicted octanol–water partition coefficient (Wildman–Crippen LogP) is -2.01. The Morgan fingerprint density at radius 1 is 0.571 bits per heavy atom. The maximum absolute atomic E-state index is 8.25. The zero-order chi connectivity index (χ0) is 10.7. The van der Waals surface area contributed by atoms with E-state index in [9.17, 15) is 0 Å². The van der Waals surface area contributed by atoms with Gasteiger partial charge in [-0.2, -0.15) is 0 Å². The van der Waals surface area contributed by atoms with E-state index in [1.165, 1.54) is 0 Å². The van der Waals surface area contributed by atoms with E-state index in [2.05, 4.69) is 0 Å². The summed E-state index contributed by atoms with van der Waals surface area (Å²) in [6.45, 7) is 0. The van der Waals surface area contributed by atoms with E-state index in [4.69, 9.17) is 46.0 Å². The third-order valence-corrected chi connectivity index (χ3v) is 0. The van der Waals surface area contributed by atoms with Crippen molar-refractivity contribution in [3.63, 3.8) is 0 Å². The van der Waals surface area contributed by atoms with Gasteiger partial charge in [0, 0.05) is 0 Å². The molecule has 14 heteroatoms. The van der Waals surface area contributed by atoms with Crippen LogP contribution >= 0.6 is 0 Å². The minimum absolute atomic E-state index is 0. The molecule has 0 unspecified atom stereocenters. The van der Waals surface area contributed by atoms with Crippen LogP contribution in [0.25, 0.3) is 0 Å². The Balaban J connectivity index is -0.0000000270. The summed E-state index contributed by atoms with van der Waals surface area (Å²) in [5.41, 5.74) is 0. The summed E-state index contributed by atoms with van der Waals surface area (Å²) >= 11 is 0. The molecule has 0 aromatic heterocycles. The predicted molar refractivity (Wildman–Crippen MR) is 45.4 cm³/mol. The molecule has 0 fully saturated rings. The average Bonchev–Trinajstić information content (AvgIpc) is 1.54. The Hall–Kier alpha value is -0.387. The van der Waals surface area contributed by atoms with Crippen LogP contribution in [0.1, 0.15) is 0 Å². The van der Waals surface area contributed by atoms with Crippen molar-refractivity contribution in [1.82, 2.24) is 0 Å². The first-order valence-electron chi connectivity index (χ1n) is 1.64. The molecule has 0 aromatic rings. The first-order valence-corrected chi connectivity index (χ1v) is 1.64. The van der Waals surface area contributed by atoms with Crippen LogP contribution in [-0.4, -0.2) is 78.1 Å². The van der Waals surface area contributed by atoms with Gasteiger partial charge in [-0.25, -0.2) is 0 Å². The van der Waals surface area contributed by atoms with Crippen molar-refractivity contribution in [1.29, 1.82) is 0 Å². The Morgan fingerprint density at radius 2 is 0.571 bits per heavy atom. The summed E-state index contributed by atoms with van der Waals surface area (Å²) in [5.74, 6) is 0. The first-order chi connectivity index (χ1) is 5.20. The molecule has 0 aliphatic rings. The van der Waals surface area contributed by atoms with Crippen LogP contribution in [0.15, 0.2) is 0 Å². The second-order valence-electron chi connectivity index (χ2n) is 0.671. The third kappa shape index (κ3) is 8730. The van der Waals surface area contributed by atoms with Crippen molar-refractivity contribution >= 4 is 62.8 Å². The van der Waals surface area contributed by atoms with E-state index in [1.54, 1.807) is 0 Å². The van der Waals surface area contributed by atoms with E-state index in [-0.39, 0.29) is 62.8 Å². The van der Waals surface area contributed by atoms with E-state index in [0.29, 0.717) is 0 Å². The van der Waals surface area contributed by atoms with Gasteiger partial charge in [0.1, 0.15) is 0 Å². The van der Waals surface area contributed by atoms with E-state index in [1.807, 2.05) is 0 Å². The van der Waals surface area contributed by atoms with Crippen LogP contribution in [0, 0.1) is 46.0 Å². The Kier molecular flexibility index (Phi) is 47.8. The minimum atomic E-state index is -1.75. The molecule has 0 bridgehead atoms. The molecule has 76 valence electrons. The van der Waals surface area contributed by atoms with Crippen molar-refractivity contribution in [2.24, 2.45) is 0 Å². The van der Waals surface area contributed by atoms with Crippen molar-refractivity contribution in [3.05, 3.63) is 46.0 Å². The van der Waals surface area contributed by atoms with Gasteiger partial charge in [0.05, 0.1) is 15.3 Å². The molecule has 0 saturated carbocycles. The van der Waals surface area contributed by atoms with Gasteiger partial charge in [0.2, 0.25) is 0 Å². The van der Waals surface area contributed by atoms with Crippen LogP contribution in [-0.2, 0) is 0 Å². The summed E-state index contributed by atoms with van der Waals surface area (Å²) in [4.78, 5) is 24.8. The van der Waals surface area contributed by atoms with Gasteiger partial charge >= 0.3 is 62.8 Å². The SMILES string of the molecule is O=[N+]([O-])[O-].O=[N+]([O-])[O-].O=[N+]([O-])[O-].[Al+3].[SrH2]. The molecule has 0 spiro atoms. The summed E-state index contributed by atoms with van der Waals surface area (Å²) in [5, 5.41) is 44.2. The van der Waals surface area contributed by atoms with Crippen LogP contribution in [0.3, 0.4) is 0 Å². The Morgan fingerprint density at radius 3 is 0.571 bits per heavy atom. The summed E-state index contributed by atoms with van der Waals surface area (Å²) < 4.78 is 0. The Bertz CT molecular complexity index is 118. The molecule has 0 aliphatic carbocycles. The molecule has 0 aromatic carbocycles. The molecule has 0 saturated heterocycles. The molecular weight excluding hydrogens is 301 g/mol. The number of hydrogen-bond donors (Lipinski definition) is 0. The zero-order valence-corrected chi connectivity index (χ0v) is 6.75. The van der Waals surface area contributed by atoms with Crippen LogP contribution in [0.2, 0.25) is 0 Å². The molecule has 0 rings (SSSR count). The summed E-state index contributed by atoms with van der Waals surface area (Å²) in [6.07, 6.45) is 0. The van der Waals surface area contributed by atoms with Crippen molar-refractivity contribution < 1.29 is 15.3 Å². The molecule has 0 amide bonds. The van der Waals surface area contributed by atoms with Gasteiger partial charge in [-0.15, -0.1) is 0 Å². The molecule has 0 aliphatic heterocycles. The number of hydrogen-bond acceptors (Lipinski definition) is 9. The van der Waals surface area contributed by atoms with Crippen LogP contribution in [0.4, 0.5) is 0 Å². The molecule has 0 atom stereocenters. The first kappa shape index (κ1) is 29.2. The molecule has 12 nitrogen and oxygen atoms in total. The van der Waals surface area contributed by atoms with E-state index < -0.39 is 15.3 Å². The standard InChI is InChI=1S/Al.3NO3.Sr.2H/c;3*2-1(3)4;;;/q+3;3*-1;;;. The van der Waals surface area contributed by atoms with Crippen molar-refractivity contribution in [2.45, 2.75) is 0 Å². The van der Waals surface area contributed by atoms with E-state index in [0.717, 1.165) is 0 Å². The fourth-order valence-corrected chi connectivity index (χ4v) is 0. The second kappa shape index (κ2) is 22.9. The molecular formula is H2AlN3O9Sr. The normalized spacial score (nSPS) is 5.14. The fourth-order valence-electron chi connectivity index (χ4n) is 0. The van der Waals surface area contributed by atoms with Gasteiger partial charge in [-0.3, -0.25) is 0 Å². The monoisotopic (exact) mass is 303 g/mol. The molecule has 14 heavy (non-hydrogen) atoms. The quantitative estimate of drug-likeness (QED) is 0.275. The summed E-state index contributed by atoms with van der Waals surface area (Å²) in [7, 11) is 0. The van der Waals surface area contributed by atoms with E-state index >= 15 is 0 Å². The van der Waals surface area contributed by atoms with Gasteiger partial charge in [-0.05, 0) is 0 Å². The molecule has 0 radical (unpaired) electrons. The summed E-state index contributed by atoms with van der Waals surface area (Å²) in [6, 6.07) is 0. The van der Waals surface area contributed by atoms with Gasteiger partial charge < -0.3 is 46.0 Å². The van der Waals surface area contributed by atoms with Crippen LogP contribution in [0.5, 0.6) is 0 Å². The Labute approximate surface area is 123 Å². The maximum atomic E-state index is 8.25. The molecule has 0 N–H and O–H groups in total. The zero-order valence-electron chi connectivity index (χ0n) is 5.59. The van der Waals surface area contributed by atoms with Crippen molar-refractivity contribution in [3.8, 4) is 0 Å². The second-order valence-corrected chi connectivity index (χ2v) is 0.671. The number of rotatable bonds is 0. The van der Waals surface area contributed by atoms with Gasteiger partial charge in [0.25, 0.3) is 0 Å². The van der Waals surface area contributed by atoms with Gasteiger partial charge in [-0.1, -0.05) is 0 Å².